The minimum absolute atomic E-state index is 0.0696. The molecule has 0 saturated heterocycles. The zero-order valence-corrected chi connectivity index (χ0v) is 51.3. The third-order valence-corrected chi connectivity index (χ3v) is 16.4. The van der Waals surface area contributed by atoms with Crippen LogP contribution in [0.4, 0.5) is 0 Å². The Bertz CT molecular complexity index is 1150. The van der Waals surface area contributed by atoms with Crippen LogP contribution in [-0.4, -0.2) is 34.9 Å². The van der Waals surface area contributed by atoms with Gasteiger partial charge >= 0.3 is 0 Å². The highest BCUT2D eigenvalue weighted by Crippen LogP contribution is 2.19. The maximum absolute atomic E-state index is 12.5. The summed E-state index contributed by atoms with van der Waals surface area (Å²) in [4.78, 5) is 12.5. The molecule has 0 aliphatic rings. The van der Waals surface area contributed by atoms with Gasteiger partial charge in [-0.3, -0.25) is 4.79 Å². The van der Waals surface area contributed by atoms with E-state index < -0.39 is 12.1 Å². The molecule has 0 spiro atoms. The van der Waals surface area contributed by atoms with Crippen LogP contribution in [0.15, 0.2) is 36.5 Å². The maximum atomic E-state index is 12.5. The van der Waals surface area contributed by atoms with Crippen molar-refractivity contribution < 1.29 is 15.0 Å². The smallest absolute Gasteiger partial charge is 0.220 e. The third-order valence-electron chi connectivity index (χ3n) is 16.4. The zero-order chi connectivity index (χ0) is 54.1. The second-order valence-corrected chi connectivity index (χ2v) is 23.9. The van der Waals surface area contributed by atoms with E-state index in [1.165, 1.54) is 334 Å². The molecule has 0 aromatic rings. The zero-order valence-electron chi connectivity index (χ0n) is 51.3. The number of nitrogens with one attached hydrogen (secondary N) is 1. The number of aliphatic hydroxyl groups excluding tert-OH is 2. The summed E-state index contributed by atoms with van der Waals surface area (Å²) in [7, 11) is 0. The number of unbranched alkanes of at least 4 members (excludes halogenated alkanes) is 54. The minimum atomic E-state index is -0.870. The van der Waals surface area contributed by atoms with Gasteiger partial charge < -0.3 is 15.5 Å². The van der Waals surface area contributed by atoms with E-state index in [0.29, 0.717) is 6.42 Å². The topological polar surface area (TPSA) is 69.6 Å². The Kier molecular flexibility index (Phi) is 65.6. The van der Waals surface area contributed by atoms with Gasteiger partial charge in [0.1, 0.15) is 0 Å². The lowest BCUT2D eigenvalue weighted by atomic mass is 10.0. The average molecular weight is 1050 g/mol. The Morgan fingerprint density at radius 3 is 0.773 bits per heavy atom. The number of hydrogen-bond donors (Lipinski definition) is 3. The van der Waals surface area contributed by atoms with Crippen LogP contribution in [0.25, 0.3) is 0 Å². The van der Waals surface area contributed by atoms with Crippen molar-refractivity contribution in [3.8, 4) is 0 Å². The number of allylic oxidation sites excluding steroid dienone is 5. The van der Waals surface area contributed by atoms with Crippen molar-refractivity contribution in [1.82, 2.24) is 5.32 Å². The highest BCUT2D eigenvalue weighted by Gasteiger charge is 2.18. The molecule has 3 N–H and O–H groups in total. The Hall–Kier alpha value is -1.39. The van der Waals surface area contributed by atoms with Crippen LogP contribution < -0.4 is 5.32 Å². The quantitative estimate of drug-likeness (QED) is 0.0420. The summed E-state index contributed by atoms with van der Waals surface area (Å²) in [5, 5.41) is 23.2. The molecule has 2 unspecified atom stereocenters. The van der Waals surface area contributed by atoms with Gasteiger partial charge in [0.25, 0.3) is 0 Å². The number of aliphatic hydroxyl groups is 2. The molecule has 0 aromatic heterocycles. The second kappa shape index (κ2) is 66.9. The maximum Gasteiger partial charge on any atom is 0.220 e. The fourth-order valence-corrected chi connectivity index (χ4v) is 11.1. The molecule has 2 atom stereocenters. The van der Waals surface area contributed by atoms with E-state index in [1.807, 2.05) is 6.08 Å². The number of carbonyl (C=O) groups is 1. The van der Waals surface area contributed by atoms with Crippen molar-refractivity contribution in [2.45, 2.75) is 405 Å². The van der Waals surface area contributed by atoms with Gasteiger partial charge in [0, 0.05) is 6.42 Å². The Morgan fingerprint density at radius 2 is 0.520 bits per heavy atom. The first kappa shape index (κ1) is 73.6. The number of rotatable bonds is 65. The van der Waals surface area contributed by atoms with Crippen LogP contribution in [0.5, 0.6) is 0 Å². The number of amides is 1. The van der Waals surface area contributed by atoms with Crippen LogP contribution in [0, 0.1) is 0 Å². The highest BCUT2D eigenvalue weighted by molar-refractivity contribution is 5.76. The normalized spacial score (nSPS) is 12.9. The van der Waals surface area contributed by atoms with Crippen LogP contribution >= 0.6 is 0 Å². The van der Waals surface area contributed by atoms with Gasteiger partial charge in [-0.25, -0.2) is 0 Å². The molecule has 0 heterocycles. The van der Waals surface area contributed by atoms with Gasteiger partial charge in [0.05, 0.1) is 18.8 Å². The first-order valence-corrected chi connectivity index (χ1v) is 34.7. The van der Waals surface area contributed by atoms with Crippen molar-refractivity contribution in [1.29, 1.82) is 0 Å². The summed E-state index contributed by atoms with van der Waals surface area (Å²) in [6, 6.07) is -0.645. The molecule has 0 radical (unpaired) electrons. The largest absolute Gasteiger partial charge is 0.394 e. The van der Waals surface area contributed by atoms with Crippen LogP contribution in [0.2, 0.25) is 0 Å². The summed E-state index contributed by atoms with van der Waals surface area (Å²) in [5.41, 5.74) is 0. The molecule has 0 fully saturated rings. The highest BCUT2D eigenvalue weighted by atomic mass is 16.3. The lowest BCUT2D eigenvalue weighted by Gasteiger charge is -2.19. The monoisotopic (exact) mass is 1050 g/mol. The molecule has 444 valence electrons. The van der Waals surface area contributed by atoms with Gasteiger partial charge in [-0.1, -0.05) is 378 Å². The SMILES string of the molecule is CCCCCCCCCCCCCCCCCC/C=C/CC/C=C/CC/C=C/C(O)C(CO)NC(=O)CCCCCCCCCCCCCCCCCCCCCCCCCCCCCCCCCCCCCCC. The van der Waals surface area contributed by atoms with Crippen LogP contribution in [0.1, 0.15) is 393 Å². The first-order valence-electron chi connectivity index (χ1n) is 34.7. The van der Waals surface area contributed by atoms with Gasteiger partial charge in [0.2, 0.25) is 5.91 Å². The summed E-state index contributed by atoms with van der Waals surface area (Å²) < 4.78 is 0. The van der Waals surface area contributed by atoms with Crippen LogP contribution in [0.3, 0.4) is 0 Å². The fraction of sp³-hybridized carbons (Fsp3) is 0.901. The molecule has 0 bridgehead atoms. The van der Waals surface area contributed by atoms with E-state index >= 15 is 0 Å². The standard InChI is InChI=1S/C71H137NO3/c1-3-5-7-9-11-13-15-17-19-21-23-25-27-29-31-32-33-34-35-36-37-38-39-40-41-43-45-47-49-51-53-55-57-59-61-63-65-67-71(75)72-69(68-73)70(74)66-64-62-60-58-56-54-52-50-48-46-44-42-30-28-26-24-22-20-18-16-14-12-10-8-6-4-2/h48,50,56,58,64,66,69-70,73-74H,3-47,49,51-55,57,59-63,65,67-68H2,1-2H3,(H,72,75)/b50-48+,58-56+,66-64+. The molecular formula is C71H137NO3. The summed E-state index contributed by atoms with van der Waals surface area (Å²) in [6.07, 6.45) is 92.4. The molecule has 4 heteroatoms. The number of hydrogen-bond acceptors (Lipinski definition) is 3. The third kappa shape index (κ3) is 63.3. The molecule has 4 nitrogen and oxygen atoms in total. The summed E-state index contributed by atoms with van der Waals surface area (Å²) in [5.74, 6) is -0.0696. The minimum Gasteiger partial charge on any atom is -0.394 e. The van der Waals surface area contributed by atoms with Gasteiger partial charge in [-0.15, -0.1) is 0 Å². The van der Waals surface area contributed by atoms with Crippen molar-refractivity contribution in [3.05, 3.63) is 36.5 Å². The van der Waals surface area contributed by atoms with E-state index in [1.54, 1.807) is 6.08 Å². The number of carbonyl (C=O) groups excluding carboxylic acids is 1. The first-order chi connectivity index (χ1) is 37.2. The van der Waals surface area contributed by atoms with Crippen molar-refractivity contribution >= 4 is 5.91 Å². The molecule has 75 heavy (non-hydrogen) atoms. The summed E-state index contributed by atoms with van der Waals surface area (Å²) >= 11 is 0. The van der Waals surface area contributed by atoms with Crippen molar-refractivity contribution in [2.24, 2.45) is 0 Å². The molecule has 0 aliphatic heterocycles. The Morgan fingerprint density at radius 1 is 0.307 bits per heavy atom. The molecule has 0 aromatic carbocycles. The second-order valence-electron chi connectivity index (χ2n) is 23.9. The van der Waals surface area contributed by atoms with E-state index in [0.717, 1.165) is 38.5 Å². The van der Waals surface area contributed by atoms with Crippen molar-refractivity contribution in [3.63, 3.8) is 0 Å². The van der Waals surface area contributed by atoms with Crippen LogP contribution in [-0.2, 0) is 4.79 Å². The average Bonchev–Trinajstić information content (AvgIpc) is 3.41. The molecule has 1 amide bonds. The van der Waals surface area contributed by atoms with Gasteiger partial charge in [-0.2, -0.15) is 0 Å². The van der Waals surface area contributed by atoms with E-state index in [4.69, 9.17) is 0 Å². The molecule has 0 aliphatic carbocycles. The van der Waals surface area contributed by atoms with E-state index in [2.05, 4.69) is 43.5 Å². The predicted molar refractivity (Wildman–Crippen MR) is 336 cm³/mol. The summed E-state index contributed by atoms with van der Waals surface area (Å²) in [6.45, 7) is 4.34. The Labute approximate surface area is 472 Å². The fourth-order valence-electron chi connectivity index (χ4n) is 11.1. The van der Waals surface area contributed by atoms with E-state index in [-0.39, 0.29) is 12.5 Å². The Balaban J connectivity index is 3.44. The lowest BCUT2D eigenvalue weighted by molar-refractivity contribution is -0.123. The molecule has 0 rings (SSSR count). The van der Waals surface area contributed by atoms with Crippen molar-refractivity contribution in [2.75, 3.05) is 6.61 Å². The molecule has 0 saturated carbocycles. The van der Waals surface area contributed by atoms with Gasteiger partial charge in [-0.05, 0) is 44.9 Å². The lowest BCUT2D eigenvalue weighted by Crippen LogP contribution is -2.45. The van der Waals surface area contributed by atoms with Gasteiger partial charge in [0.15, 0.2) is 0 Å². The van der Waals surface area contributed by atoms with E-state index in [9.17, 15) is 15.0 Å². The predicted octanol–water partition coefficient (Wildman–Crippen LogP) is 23.5. The molecular weight excluding hydrogens is 915 g/mol.